The van der Waals surface area contributed by atoms with Crippen LogP contribution in [0.15, 0.2) is 23.3 Å². The first-order chi connectivity index (χ1) is 11.5. The quantitative estimate of drug-likeness (QED) is 0.929. The van der Waals surface area contributed by atoms with Crippen LogP contribution in [0.1, 0.15) is 31.2 Å². The van der Waals surface area contributed by atoms with Crippen LogP contribution in [0.5, 0.6) is 0 Å². The summed E-state index contributed by atoms with van der Waals surface area (Å²) in [6, 6.07) is 3.98. The highest BCUT2D eigenvalue weighted by atomic mass is 32.1. The Labute approximate surface area is 144 Å². The van der Waals surface area contributed by atoms with E-state index in [9.17, 15) is 4.79 Å². The Morgan fingerprint density at radius 1 is 1.42 bits per heavy atom. The molecule has 0 unspecified atom stereocenters. The number of pyridine rings is 1. The molecular weight excluding hydrogens is 322 g/mol. The Kier molecular flexibility index (Phi) is 3.60. The molecule has 2 aliphatic rings. The fraction of sp³-hybridized carbons (Fsp3) is 0.412. The summed E-state index contributed by atoms with van der Waals surface area (Å²) in [5, 5.41) is 3.47. The highest BCUT2D eigenvalue weighted by Crippen LogP contribution is 2.47. The van der Waals surface area contributed by atoms with E-state index in [2.05, 4.69) is 33.3 Å². The van der Waals surface area contributed by atoms with Crippen molar-refractivity contribution in [3.05, 3.63) is 29.7 Å². The lowest BCUT2D eigenvalue weighted by Crippen LogP contribution is -2.32. The Bertz CT molecular complexity index is 824. The van der Waals surface area contributed by atoms with E-state index < -0.39 is 0 Å². The summed E-state index contributed by atoms with van der Waals surface area (Å²) in [6.07, 6.45) is 5.84. The van der Waals surface area contributed by atoms with Gasteiger partial charge in [0.25, 0.3) is 0 Å². The Balaban J connectivity index is 1.57. The second-order valence-electron chi connectivity index (χ2n) is 6.57. The lowest BCUT2D eigenvalue weighted by molar-refractivity contribution is 0.237. The molecule has 24 heavy (non-hydrogen) atoms. The van der Waals surface area contributed by atoms with Crippen LogP contribution in [0, 0.1) is 6.92 Å². The third-order valence-corrected chi connectivity index (χ3v) is 5.72. The zero-order valence-corrected chi connectivity index (χ0v) is 14.6. The number of amides is 2. The van der Waals surface area contributed by atoms with E-state index >= 15 is 0 Å². The van der Waals surface area contributed by atoms with Gasteiger partial charge in [-0.1, -0.05) is 18.3 Å². The van der Waals surface area contributed by atoms with Crippen LogP contribution in [0.4, 0.5) is 9.93 Å². The van der Waals surface area contributed by atoms with Crippen LogP contribution >= 0.6 is 11.3 Å². The van der Waals surface area contributed by atoms with Crippen LogP contribution in [-0.4, -0.2) is 40.3 Å². The van der Waals surface area contributed by atoms with Gasteiger partial charge < -0.3 is 0 Å². The highest BCUT2D eigenvalue weighted by Gasteiger charge is 2.40. The third kappa shape index (κ3) is 2.80. The van der Waals surface area contributed by atoms with Gasteiger partial charge >= 0.3 is 6.03 Å². The van der Waals surface area contributed by atoms with E-state index in [0.29, 0.717) is 18.2 Å². The summed E-state index contributed by atoms with van der Waals surface area (Å²) in [5.74, 6) is 0. The Morgan fingerprint density at radius 3 is 2.96 bits per heavy atom. The van der Waals surface area contributed by atoms with Gasteiger partial charge in [0, 0.05) is 23.9 Å². The van der Waals surface area contributed by atoms with Crippen molar-refractivity contribution in [1.29, 1.82) is 0 Å². The number of carbonyl (C=O) groups excluding carboxylic acids is 1. The van der Waals surface area contributed by atoms with Gasteiger partial charge in [0.05, 0.1) is 23.5 Å². The number of thiazole rings is 1. The predicted molar refractivity (Wildman–Crippen MR) is 95.8 cm³/mol. The van der Waals surface area contributed by atoms with E-state index in [1.807, 2.05) is 19.2 Å². The number of aliphatic imine (C=N–C) groups is 1. The number of aryl methyl sites for hydroxylation is 1. The maximum absolute atomic E-state index is 12.1. The Morgan fingerprint density at radius 2 is 2.25 bits per heavy atom. The first-order valence-corrected chi connectivity index (χ1v) is 8.89. The molecule has 1 saturated carbocycles. The van der Waals surface area contributed by atoms with Crippen molar-refractivity contribution in [3.63, 3.8) is 0 Å². The lowest BCUT2D eigenvalue weighted by atomic mass is 10.0. The average molecular weight is 341 g/mol. The summed E-state index contributed by atoms with van der Waals surface area (Å²) < 4.78 is 0. The molecule has 0 saturated heterocycles. The molecule has 0 atom stereocenters. The van der Waals surface area contributed by atoms with Gasteiger partial charge in [0.1, 0.15) is 0 Å². The fourth-order valence-corrected chi connectivity index (χ4v) is 3.71. The van der Waals surface area contributed by atoms with Gasteiger partial charge in [-0.2, -0.15) is 0 Å². The van der Waals surface area contributed by atoms with Crippen LogP contribution in [0.2, 0.25) is 0 Å². The van der Waals surface area contributed by atoms with Gasteiger partial charge in [0.2, 0.25) is 0 Å². The molecule has 1 N–H and O–H groups in total. The molecular formula is C17H19N5OS. The van der Waals surface area contributed by atoms with E-state index in [-0.39, 0.29) is 11.4 Å². The Hall–Kier alpha value is -2.28. The molecule has 1 fully saturated rings. The molecule has 0 aromatic carbocycles. The van der Waals surface area contributed by atoms with Crippen molar-refractivity contribution >= 4 is 28.8 Å². The number of carbonyl (C=O) groups is 1. The molecule has 0 spiro atoms. The largest absolute Gasteiger partial charge is 0.328 e. The average Bonchev–Trinajstić information content (AvgIpc) is 3.00. The van der Waals surface area contributed by atoms with Crippen LogP contribution in [-0.2, 0) is 5.41 Å². The minimum atomic E-state index is -0.183. The summed E-state index contributed by atoms with van der Waals surface area (Å²) in [7, 11) is 0. The number of hydrogen-bond donors (Lipinski definition) is 1. The number of anilines is 1. The van der Waals surface area contributed by atoms with Crippen LogP contribution in [0.25, 0.3) is 10.4 Å². The van der Waals surface area contributed by atoms with Crippen molar-refractivity contribution < 1.29 is 4.79 Å². The van der Waals surface area contributed by atoms with Crippen molar-refractivity contribution in [2.24, 2.45) is 4.99 Å². The van der Waals surface area contributed by atoms with Crippen molar-refractivity contribution in [2.75, 3.05) is 18.4 Å². The molecule has 2 amide bonds. The maximum atomic E-state index is 12.1. The molecule has 4 rings (SSSR count). The standard InChI is InChI=1S/C17H19N5OS/c1-11-14(12-3-6-19-13(9-12)17(2)4-5-17)24-15(20-11)21-16(23)22-8-7-18-10-22/h3,6,9-10H,4-5,7-8H2,1-2H3,(H,20,21,23). The fourth-order valence-electron chi connectivity index (χ4n) is 2.76. The molecule has 6 nitrogen and oxygen atoms in total. The highest BCUT2D eigenvalue weighted by molar-refractivity contribution is 7.19. The monoisotopic (exact) mass is 341 g/mol. The molecule has 1 aliphatic heterocycles. The molecule has 0 bridgehead atoms. The minimum absolute atomic E-state index is 0.183. The van der Waals surface area contributed by atoms with Gasteiger partial charge in [0.15, 0.2) is 5.13 Å². The van der Waals surface area contributed by atoms with E-state index in [4.69, 9.17) is 0 Å². The second-order valence-corrected chi connectivity index (χ2v) is 7.57. The van der Waals surface area contributed by atoms with Gasteiger partial charge in [-0.25, -0.2) is 9.78 Å². The van der Waals surface area contributed by atoms with Gasteiger partial charge in [-0.3, -0.25) is 20.2 Å². The zero-order valence-electron chi connectivity index (χ0n) is 13.7. The normalized spacial score (nSPS) is 18.0. The van der Waals surface area contributed by atoms with E-state index in [1.54, 1.807) is 11.2 Å². The maximum Gasteiger partial charge on any atom is 0.328 e. The number of hydrogen-bond acceptors (Lipinski definition) is 5. The summed E-state index contributed by atoms with van der Waals surface area (Å²) in [5.41, 5.74) is 3.42. The SMILES string of the molecule is Cc1nc(NC(=O)N2C=NCC2)sc1-c1ccnc(C2(C)CC2)c1. The predicted octanol–water partition coefficient (Wildman–Crippen LogP) is 3.44. The minimum Gasteiger partial charge on any atom is -0.283 e. The molecule has 124 valence electrons. The molecule has 7 heteroatoms. The van der Waals surface area contributed by atoms with Crippen LogP contribution in [0.3, 0.4) is 0 Å². The number of aromatic nitrogens is 2. The summed E-state index contributed by atoms with van der Waals surface area (Å²) in [4.78, 5) is 27.9. The molecule has 2 aromatic heterocycles. The lowest BCUT2D eigenvalue weighted by Gasteiger charge is -2.10. The molecule has 1 aliphatic carbocycles. The van der Waals surface area contributed by atoms with Crippen molar-refractivity contribution in [1.82, 2.24) is 14.9 Å². The topological polar surface area (TPSA) is 70.5 Å². The molecule has 3 heterocycles. The van der Waals surface area contributed by atoms with Gasteiger partial charge in [-0.15, -0.1) is 0 Å². The molecule has 0 radical (unpaired) electrons. The third-order valence-electron chi connectivity index (χ3n) is 4.60. The zero-order chi connectivity index (χ0) is 16.7. The summed E-state index contributed by atoms with van der Waals surface area (Å²) in [6.45, 7) is 5.50. The second kappa shape index (κ2) is 5.66. The smallest absolute Gasteiger partial charge is 0.283 e. The number of nitrogens with one attached hydrogen (secondary N) is 1. The van der Waals surface area contributed by atoms with Crippen molar-refractivity contribution in [2.45, 2.75) is 32.1 Å². The van der Waals surface area contributed by atoms with Gasteiger partial charge in [-0.05, 0) is 37.5 Å². The number of nitrogens with zero attached hydrogens (tertiary/aromatic N) is 4. The molecule has 2 aromatic rings. The number of rotatable bonds is 3. The number of urea groups is 1. The van der Waals surface area contributed by atoms with E-state index in [1.165, 1.54) is 24.2 Å². The first kappa shape index (κ1) is 15.3. The van der Waals surface area contributed by atoms with E-state index in [0.717, 1.165) is 21.8 Å². The summed E-state index contributed by atoms with van der Waals surface area (Å²) >= 11 is 1.50. The van der Waals surface area contributed by atoms with Crippen LogP contribution < -0.4 is 5.32 Å². The van der Waals surface area contributed by atoms with Crippen molar-refractivity contribution in [3.8, 4) is 10.4 Å². The first-order valence-electron chi connectivity index (χ1n) is 8.07.